The number of benzene rings is 2. The van der Waals surface area contributed by atoms with Crippen molar-refractivity contribution in [1.82, 2.24) is 4.90 Å². The maximum Gasteiger partial charge on any atom is 0.257 e. The smallest absolute Gasteiger partial charge is 0.257 e. The van der Waals surface area contributed by atoms with Crippen molar-refractivity contribution >= 4 is 29.3 Å². The van der Waals surface area contributed by atoms with Crippen LogP contribution in [0.4, 0.5) is 5.69 Å². The lowest BCUT2D eigenvalue weighted by Crippen LogP contribution is -2.31. The largest absolute Gasteiger partial charge is 0.493 e. The standard InChI is InChI=1S/C26H30N2O4S/c1-31-22-11-10-18(12-23(22)32-14-16-6-7-16)21(15-33-2)28-13-19-4-3-5-20(24(19)26(28)30)27-25(29)17-8-9-17/h3-5,10-12,16-17,21H,6-9,13-15H2,1-2H3,(H,27,29). The predicted molar refractivity (Wildman–Crippen MR) is 130 cm³/mol. The van der Waals surface area contributed by atoms with E-state index in [-0.39, 0.29) is 23.8 Å². The predicted octanol–water partition coefficient (Wildman–Crippen LogP) is 4.89. The van der Waals surface area contributed by atoms with Gasteiger partial charge in [0.15, 0.2) is 11.5 Å². The van der Waals surface area contributed by atoms with Crippen molar-refractivity contribution in [3.8, 4) is 11.5 Å². The van der Waals surface area contributed by atoms with Gasteiger partial charge in [0.1, 0.15) is 0 Å². The summed E-state index contributed by atoms with van der Waals surface area (Å²) in [5, 5.41) is 3.00. The van der Waals surface area contributed by atoms with E-state index >= 15 is 0 Å². The van der Waals surface area contributed by atoms with Gasteiger partial charge in [-0.1, -0.05) is 18.2 Å². The first-order valence-electron chi connectivity index (χ1n) is 11.6. The Bertz CT molecular complexity index is 1060. The Morgan fingerprint density at radius 3 is 2.70 bits per heavy atom. The molecule has 2 fully saturated rings. The second-order valence-electron chi connectivity index (χ2n) is 9.17. The summed E-state index contributed by atoms with van der Waals surface area (Å²) >= 11 is 1.71. The lowest BCUT2D eigenvalue weighted by Gasteiger charge is -2.28. The quantitative estimate of drug-likeness (QED) is 0.540. The second-order valence-corrected chi connectivity index (χ2v) is 10.1. The molecule has 174 valence electrons. The van der Waals surface area contributed by atoms with Gasteiger partial charge < -0.3 is 19.7 Å². The van der Waals surface area contributed by atoms with E-state index in [4.69, 9.17) is 9.47 Å². The monoisotopic (exact) mass is 466 g/mol. The molecule has 2 aliphatic carbocycles. The topological polar surface area (TPSA) is 67.9 Å². The lowest BCUT2D eigenvalue weighted by molar-refractivity contribution is -0.117. The molecule has 0 saturated heterocycles. The summed E-state index contributed by atoms with van der Waals surface area (Å²) in [6.45, 7) is 1.22. The zero-order chi connectivity index (χ0) is 22.9. The number of ether oxygens (including phenoxy) is 2. The van der Waals surface area contributed by atoms with E-state index < -0.39 is 0 Å². The van der Waals surface area contributed by atoms with Crippen molar-refractivity contribution in [2.24, 2.45) is 11.8 Å². The van der Waals surface area contributed by atoms with Gasteiger partial charge in [-0.15, -0.1) is 0 Å². The Hall–Kier alpha value is -2.67. The molecule has 0 bridgehead atoms. The summed E-state index contributed by atoms with van der Waals surface area (Å²) in [6, 6.07) is 11.6. The van der Waals surface area contributed by atoms with E-state index in [1.54, 1.807) is 18.9 Å². The van der Waals surface area contributed by atoms with E-state index in [9.17, 15) is 9.59 Å². The number of fused-ring (bicyclic) bond motifs is 1. The number of nitrogens with zero attached hydrogens (tertiary/aromatic N) is 1. The van der Waals surface area contributed by atoms with Crippen molar-refractivity contribution in [3.05, 3.63) is 53.1 Å². The fourth-order valence-electron chi connectivity index (χ4n) is 4.35. The number of nitrogens with one attached hydrogen (secondary N) is 1. The summed E-state index contributed by atoms with van der Waals surface area (Å²) in [7, 11) is 1.65. The maximum atomic E-state index is 13.6. The van der Waals surface area contributed by atoms with E-state index in [0.717, 1.165) is 35.5 Å². The Morgan fingerprint density at radius 2 is 2.00 bits per heavy atom. The first kappa shape index (κ1) is 22.1. The fraction of sp³-hybridized carbons (Fsp3) is 0.462. The number of hydrogen-bond donors (Lipinski definition) is 1. The number of anilines is 1. The number of amides is 2. The summed E-state index contributed by atoms with van der Waals surface area (Å²) in [4.78, 5) is 27.9. The normalized spacial score (nSPS) is 18.1. The van der Waals surface area contributed by atoms with Crippen molar-refractivity contribution < 1.29 is 19.1 Å². The fourth-order valence-corrected chi connectivity index (χ4v) is 5.04. The highest BCUT2D eigenvalue weighted by molar-refractivity contribution is 7.98. The van der Waals surface area contributed by atoms with Crippen LogP contribution in [0.5, 0.6) is 11.5 Å². The molecule has 1 atom stereocenters. The van der Waals surface area contributed by atoms with Gasteiger partial charge in [-0.05, 0) is 67.2 Å². The van der Waals surface area contributed by atoms with Crippen LogP contribution in [0.2, 0.25) is 0 Å². The zero-order valence-corrected chi connectivity index (χ0v) is 20.0. The van der Waals surface area contributed by atoms with Crippen molar-refractivity contribution in [1.29, 1.82) is 0 Å². The molecule has 2 amide bonds. The van der Waals surface area contributed by atoms with Gasteiger partial charge in [0.2, 0.25) is 5.91 Å². The minimum absolute atomic E-state index is 0.0166. The molecule has 33 heavy (non-hydrogen) atoms. The number of rotatable bonds is 10. The molecular weight excluding hydrogens is 436 g/mol. The molecule has 1 N–H and O–H groups in total. The molecule has 0 spiro atoms. The molecule has 5 rings (SSSR count). The van der Waals surface area contributed by atoms with E-state index in [1.165, 1.54) is 12.8 Å². The molecule has 7 heteroatoms. The Labute approximate surface area is 199 Å². The van der Waals surface area contributed by atoms with Crippen LogP contribution in [0.25, 0.3) is 0 Å². The molecule has 3 aliphatic rings. The van der Waals surface area contributed by atoms with Crippen LogP contribution >= 0.6 is 11.8 Å². The Balaban J connectivity index is 1.41. The highest BCUT2D eigenvalue weighted by Crippen LogP contribution is 2.40. The molecule has 0 aromatic heterocycles. The van der Waals surface area contributed by atoms with Crippen LogP contribution in [0.1, 0.15) is 53.2 Å². The second kappa shape index (κ2) is 9.29. The summed E-state index contributed by atoms with van der Waals surface area (Å²) < 4.78 is 11.6. The van der Waals surface area contributed by atoms with Crippen LogP contribution in [0.15, 0.2) is 36.4 Å². The molecule has 2 aromatic rings. The van der Waals surface area contributed by atoms with Gasteiger partial charge in [-0.3, -0.25) is 9.59 Å². The molecule has 1 unspecified atom stereocenters. The third-order valence-electron chi connectivity index (χ3n) is 6.62. The van der Waals surface area contributed by atoms with Crippen molar-refractivity contribution in [2.45, 2.75) is 38.3 Å². The van der Waals surface area contributed by atoms with Crippen LogP contribution in [-0.2, 0) is 11.3 Å². The van der Waals surface area contributed by atoms with Crippen LogP contribution in [0.3, 0.4) is 0 Å². The van der Waals surface area contributed by atoms with E-state index in [0.29, 0.717) is 36.1 Å². The van der Waals surface area contributed by atoms with Gasteiger partial charge in [0.05, 0.1) is 31.0 Å². The highest BCUT2D eigenvalue weighted by Gasteiger charge is 2.37. The molecule has 1 aliphatic heterocycles. The molecule has 1 heterocycles. The molecule has 6 nitrogen and oxygen atoms in total. The molecular formula is C26H30N2O4S. The first-order chi connectivity index (χ1) is 16.1. The third kappa shape index (κ3) is 4.69. The Morgan fingerprint density at radius 1 is 1.18 bits per heavy atom. The minimum Gasteiger partial charge on any atom is -0.493 e. The zero-order valence-electron chi connectivity index (χ0n) is 19.1. The average molecular weight is 467 g/mol. The third-order valence-corrected chi connectivity index (χ3v) is 7.27. The molecule has 0 radical (unpaired) electrons. The summed E-state index contributed by atoms with van der Waals surface area (Å²) in [5.41, 5.74) is 3.23. The molecule has 2 aromatic carbocycles. The van der Waals surface area contributed by atoms with E-state index in [1.807, 2.05) is 41.3 Å². The van der Waals surface area contributed by atoms with Crippen LogP contribution in [0, 0.1) is 11.8 Å². The van der Waals surface area contributed by atoms with Gasteiger partial charge in [0.25, 0.3) is 5.91 Å². The van der Waals surface area contributed by atoms with Crippen molar-refractivity contribution in [3.63, 3.8) is 0 Å². The van der Waals surface area contributed by atoms with E-state index in [2.05, 4.69) is 11.6 Å². The van der Waals surface area contributed by atoms with Gasteiger partial charge in [-0.25, -0.2) is 0 Å². The lowest BCUT2D eigenvalue weighted by atomic mass is 10.1. The average Bonchev–Trinajstić information content (AvgIpc) is 3.74. The summed E-state index contributed by atoms with van der Waals surface area (Å²) in [6.07, 6.45) is 6.35. The maximum absolute atomic E-state index is 13.6. The molecule has 2 saturated carbocycles. The van der Waals surface area contributed by atoms with Crippen LogP contribution < -0.4 is 14.8 Å². The summed E-state index contributed by atoms with van der Waals surface area (Å²) in [5.74, 6) is 2.91. The van der Waals surface area contributed by atoms with Crippen molar-refractivity contribution in [2.75, 3.05) is 31.0 Å². The van der Waals surface area contributed by atoms with Gasteiger partial charge in [0, 0.05) is 18.2 Å². The number of methoxy groups -OCH3 is 1. The van der Waals surface area contributed by atoms with Gasteiger partial charge in [-0.2, -0.15) is 11.8 Å². The SMILES string of the molecule is COc1ccc(C(CSC)N2Cc3cccc(NC(=O)C4CC4)c3C2=O)cc1OCC1CC1. The van der Waals surface area contributed by atoms with Crippen LogP contribution in [-0.4, -0.2) is 42.4 Å². The number of carbonyl (C=O) groups excluding carboxylic acids is 2. The number of hydrogen-bond acceptors (Lipinski definition) is 5. The number of carbonyl (C=O) groups is 2. The van der Waals surface area contributed by atoms with Gasteiger partial charge >= 0.3 is 0 Å². The highest BCUT2D eigenvalue weighted by atomic mass is 32.2. The Kier molecular flexibility index (Phi) is 6.23. The first-order valence-corrected chi connectivity index (χ1v) is 13.0. The minimum atomic E-state index is -0.110. The number of thioether (sulfide) groups is 1.